The Balaban J connectivity index is 1.80. The van der Waals surface area contributed by atoms with Crippen molar-refractivity contribution in [2.24, 2.45) is 0 Å². The molecule has 2 aliphatic heterocycles. The van der Waals surface area contributed by atoms with Gasteiger partial charge in [0.15, 0.2) is 12.6 Å². The second-order valence-electron chi connectivity index (χ2n) is 20.8. The summed E-state index contributed by atoms with van der Waals surface area (Å²) in [5, 5.41) is 87.0. The number of rotatable bonds is 46. The average molecular weight is 1030 g/mol. The van der Waals surface area contributed by atoms with Crippen molar-refractivity contribution < 1.29 is 64.6 Å². The van der Waals surface area contributed by atoms with Gasteiger partial charge in [-0.15, -0.1) is 0 Å². The van der Waals surface area contributed by atoms with Crippen LogP contribution in [-0.4, -0.2) is 140 Å². The molecular weight excluding hydrogens is 919 g/mol. The lowest BCUT2D eigenvalue weighted by atomic mass is 9.97. The van der Waals surface area contributed by atoms with Gasteiger partial charge in [-0.3, -0.25) is 4.79 Å². The molecule has 1 amide bonds. The van der Waals surface area contributed by atoms with E-state index in [1.165, 1.54) is 167 Å². The topological polar surface area (TPSA) is 228 Å². The van der Waals surface area contributed by atoms with Crippen LogP contribution in [0.5, 0.6) is 0 Å². The summed E-state index contributed by atoms with van der Waals surface area (Å²) in [6.07, 6.45) is 36.1. The van der Waals surface area contributed by atoms with E-state index in [2.05, 4.69) is 43.5 Å². The maximum absolute atomic E-state index is 13.2. The zero-order valence-electron chi connectivity index (χ0n) is 45.2. The lowest BCUT2D eigenvalue weighted by Crippen LogP contribution is -2.65. The maximum atomic E-state index is 13.2. The summed E-state index contributed by atoms with van der Waals surface area (Å²) < 4.78 is 22.7. The Morgan fingerprint density at radius 1 is 0.486 bits per heavy atom. The Morgan fingerprint density at radius 2 is 0.889 bits per heavy atom. The first-order chi connectivity index (χ1) is 35.1. The van der Waals surface area contributed by atoms with E-state index in [0.717, 1.165) is 32.1 Å². The molecule has 0 aromatic heterocycles. The number of carbonyl (C=O) groups excluding carboxylic acids is 1. The molecule has 0 radical (unpaired) electrons. The van der Waals surface area contributed by atoms with Crippen LogP contribution >= 0.6 is 0 Å². The van der Waals surface area contributed by atoms with Gasteiger partial charge in [0, 0.05) is 6.42 Å². The van der Waals surface area contributed by atoms with Crippen LogP contribution in [0.4, 0.5) is 0 Å². The Labute approximate surface area is 436 Å². The van der Waals surface area contributed by atoms with Gasteiger partial charge in [-0.05, 0) is 57.8 Å². The van der Waals surface area contributed by atoms with Crippen LogP contribution in [0.3, 0.4) is 0 Å². The number of hydrogen-bond acceptors (Lipinski definition) is 13. The van der Waals surface area contributed by atoms with Crippen molar-refractivity contribution in [2.45, 2.75) is 306 Å². The molecule has 2 saturated heterocycles. The maximum Gasteiger partial charge on any atom is 0.220 e. The predicted octanol–water partition coefficient (Wildman–Crippen LogP) is 9.44. The highest BCUT2D eigenvalue weighted by Crippen LogP contribution is 2.30. The fourth-order valence-corrected chi connectivity index (χ4v) is 9.54. The summed E-state index contributed by atoms with van der Waals surface area (Å²) in [5.74, 6) is -0.250. The molecule has 14 heteroatoms. The first-order valence-electron chi connectivity index (χ1n) is 29.2. The minimum absolute atomic E-state index is 0.250. The lowest BCUT2D eigenvalue weighted by Gasteiger charge is -2.46. The number of hydrogen-bond donors (Lipinski definition) is 9. The van der Waals surface area contributed by atoms with Crippen molar-refractivity contribution in [3.05, 3.63) is 36.5 Å². The van der Waals surface area contributed by atoms with Crippen LogP contribution in [0.1, 0.15) is 232 Å². The molecule has 0 aromatic rings. The third kappa shape index (κ3) is 30.1. The summed E-state index contributed by atoms with van der Waals surface area (Å²) in [6.45, 7) is 2.79. The molecular formula is C58H107NO13. The molecule has 2 rings (SSSR count). The van der Waals surface area contributed by atoms with Crippen LogP contribution in [0.15, 0.2) is 36.5 Å². The number of nitrogens with one attached hydrogen (secondary N) is 1. The van der Waals surface area contributed by atoms with E-state index in [0.29, 0.717) is 12.8 Å². The second-order valence-corrected chi connectivity index (χ2v) is 20.8. The summed E-state index contributed by atoms with van der Waals surface area (Å²) in [7, 11) is 0. The van der Waals surface area contributed by atoms with E-state index >= 15 is 0 Å². The summed E-state index contributed by atoms with van der Waals surface area (Å²) in [5.41, 5.74) is 0. The van der Waals surface area contributed by atoms with Gasteiger partial charge in [-0.25, -0.2) is 0 Å². The number of amides is 1. The number of unbranched alkanes of at least 4 members (excludes halogenated alkanes) is 29. The monoisotopic (exact) mass is 1030 g/mol. The standard InChI is InChI=1S/C58H107NO13/c1-3-5-7-9-11-13-15-17-19-21-23-25-27-29-31-33-35-37-39-41-47(62)46(59-50(63)42-40-38-36-34-32-30-28-26-24-22-20-18-16-14-12-10-8-6-4-2)45-69-57-55(68)53(66)56(49(44-61)71-57)72-58-54(67)52(65)51(64)48(43-60)70-58/h18,20,31,33,39,41,46-49,51-58,60-62,64-68H,3-17,19,21-30,32,34-38,40,42-45H2,1-2H3,(H,59,63)/b20-18-,33-31+,41-39+. The van der Waals surface area contributed by atoms with Crippen molar-refractivity contribution in [2.75, 3.05) is 19.8 Å². The molecule has 422 valence electrons. The SMILES string of the molecule is CCCCCCCC/C=C\CCCCCCCCCCCC(=O)NC(COC1OC(CO)C(OC2OC(CO)C(O)C(O)C2O)C(O)C1O)C(O)/C=C/CC/C=C/CCCCCCCCCCCCCCC. The van der Waals surface area contributed by atoms with Crippen LogP contribution < -0.4 is 5.32 Å². The van der Waals surface area contributed by atoms with Crippen LogP contribution in [-0.2, 0) is 23.7 Å². The average Bonchev–Trinajstić information content (AvgIpc) is 3.38. The molecule has 2 aliphatic rings. The number of aliphatic hydroxyl groups is 8. The molecule has 12 atom stereocenters. The van der Waals surface area contributed by atoms with Gasteiger partial charge < -0.3 is 65.1 Å². The van der Waals surface area contributed by atoms with Crippen molar-refractivity contribution >= 4 is 5.91 Å². The fourth-order valence-electron chi connectivity index (χ4n) is 9.54. The molecule has 14 nitrogen and oxygen atoms in total. The zero-order valence-corrected chi connectivity index (χ0v) is 45.2. The third-order valence-electron chi connectivity index (χ3n) is 14.3. The molecule has 0 saturated carbocycles. The molecule has 12 unspecified atom stereocenters. The van der Waals surface area contributed by atoms with Crippen molar-refractivity contribution in [1.29, 1.82) is 0 Å². The van der Waals surface area contributed by atoms with E-state index in [1.54, 1.807) is 6.08 Å². The highest BCUT2D eigenvalue weighted by Gasteiger charge is 2.51. The van der Waals surface area contributed by atoms with E-state index in [4.69, 9.17) is 18.9 Å². The van der Waals surface area contributed by atoms with Gasteiger partial charge in [-0.1, -0.05) is 204 Å². The highest BCUT2D eigenvalue weighted by molar-refractivity contribution is 5.76. The Hall–Kier alpha value is -1.79. The van der Waals surface area contributed by atoms with Gasteiger partial charge in [0.05, 0.1) is 32.0 Å². The third-order valence-corrected chi connectivity index (χ3v) is 14.3. The molecule has 72 heavy (non-hydrogen) atoms. The number of aliphatic hydroxyl groups excluding tert-OH is 8. The minimum atomic E-state index is -1.79. The highest BCUT2D eigenvalue weighted by atomic mass is 16.7. The van der Waals surface area contributed by atoms with Crippen molar-refractivity contribution in [3.8, 4) is 0 Å². The van der Waals surface area contributed by atoms with Gasteiger partial charge >= 0.3 is 0 Å². The number of ether oxygens (including phenoxy) is 4. The van der Waals surface area contributed by atoms with Crippen LogP contribution in [0.2, 0.25) is 0 Å². The molecule has 0 aliphatic carbocycles. The molecule has 0 bridgehead atoms. The summed E-state index contributed by atoms with van der Waals surface area (Å²) in [4.78, 5) is 13.2. The summed E-state index contributed by atoms with van der Waals surface area (Å²) >= 11 is 0. The van der Waals surface area contributed by atoms with Gasteiger partial charge in [-0.2, -0.15) is 0 Å². The van der Waals surface area contributed by atoms with Crippen molar-refractivity contribution in [1.82, 2.24) is 5.32 Å². The largest absolute Gasteiger partial charge is 0.394 e. The molecule has 9 N–H and O–H groups in total. The predicted molar refractivity (Wildman–Crippen MR) is 286 cm³/mol. The Bertz CT molecular complexity index is 1350. The molecule has 0 spiro atoms. The Morgan fingerprint density at radius 3 is 1.36 bits per heavy atom. The molecule has 0 aromatic carbocycles. The quantitative estimate of drug-likeness (QED) is 0.0205. The van der Waals surface area contributed by atoms with Crippen LogP contribution in [0.25, 0.3) is 0 Å². The van der Waals surface area contributed by atoms with E-state index in [1.807, 2.05) is 6.08 Å². The first-order valence-corrected chi connectivity index (χ1v) is 29.2. The molecule has 2 fully saturated rings. The smallest absolute Gasteiger partial charge is 0.220 e. The van der Waals surface area contributed by atoms with Gasteiger partial charge in [0.2, 0.25) is 5.91 Å². The zero-order chi connectivity index (χ0) is 52.4. The first kappa shape index (κ1) is 66.3. The molecule has 2 heterocycles. The Kier molecular flexibility index (Phi) is 40.9. The van der Waals surface area contributed by atoms with Crippen molar-refractivity contribution in [3.63, 3.8) is 0 Å². The van der Waals surface area contributed by atoms with Crippen LogP contribution in [0, 0.1) is 0 Å². The van der Waals surface area contributed by atoms with Gasteiger partial charge in [0.1, 0.15) is 48.8 Å². The van der Waals surface area contributed by atoms with E-state index in [-0.39, 0.29) is 18.9 Å². The van der Waals surface area contributed by atoms with Gasteiger partial charge in [0.25, 0.3) is 0 Å². The lowest BCUT2D eigenvalue weighted by molar-refractivity contribution is -0.359. The summed E-state index contributed by atoms with van der Waals surface area (Å²) in [6, 6.07) is -0.931. The normalized spacial score (nSPS) is 25.8. The van der Waals surface area contributed by atoms with E-state index < -0.39 is 86.8 Å². The number of allylic oxidation sites excluding steroid dienone is 5. The fraction of sp³-hybridized carbons (Fsp3) is 0.879. The van der Waals surface area contributed by atoms with E-state index in [9.17, 15) is 45.6 Å². The second kappa shape index (κ2) is 44.3. The minimum Gasteiger partial charge on any atom is -0.394 e. The number of carbonyl (C=O) groups is 1.